The van der Waals surface area contributed by atoms with Crippen LogP contribution in [0.15, 0.2) is 70.1 Å². The lowest BCUT2D eigenvalue weighted by Gasteiger charge is -2.25. The van der Waals surface area contributed by atoms with Crippen LogP contribution in [0.3, 0.4) is 0 Å². The number of carbonyl (C=O) groups excluding carboxylic acids is 1. The van der Waals surface area contributed by atoms with Gasteiger partial charge in [-0.25, -0.2) is 9.79 Å². The molecule has 0 fully saturated rings. The summed E-state index contributed by atoms with van der Waals surface area (Å²) in [4.78, 5) is 32.0. The van der Waals surface area contributed by atoms with E-state index in [9.17, 15) is 14.7 Å². The number of aromatic nitrogens is 1. The Morgan fingerprint density at radius 2 is 1.95 bits per heavy atom. The molecular formula is C28H28N2O6S. The monoisotopic (exact) mass is 520 g/mol. The van der Waals surface area contributed by atoms with Crippen LogP contribution in [0.1, 0.15) is 36.6 Å². The summed E-state index contributed by atoms with van der Waals surface area (Å²) in [6, 6.07) is 9.93. The number of aromatic hydroxyl groups is 1. The predicted octanol–water partition coefficient (Wildman–Crippen LogP) is 3.25. The Balaban J connectivity index is 1.98. The number of phenolic OH excluding ortho intramolecular Hbond substituents is 1. The lowest BCUT2D eigenvalue weighted by molar-refractivity contribution is -0.139. The van der Waals surface area contributed by atoms with Crippen molar-refractivity contribution in [2.45, 2.75) is 26.3 Å². The molecule has 192 valence electrons. The molecule has 9 heteroatoms. The fourth-order valence-corrected chi connectivity index (χ4v) is 5.42. The molecule has 0 saturated carbocycles. The summed E-state index contributed by atoms with van der Waals surface area (Å²) in [5.74, 6) is 0.333. The minimum Gasteiger partial charge on any atom is -0.504 e. The van der Waals surface area contributed by atoms with Gasteiger partial charge in [-0.15, -0.1) is 6.58 Å². The molecular weight excluding hydrogens is 492 g/mol. The lowest BCUT2D eigenvalue weighted by atomic mass is 9.95. The Morgan fingerprint density at radius 1 is 1.22 bits per heavy atom. The van der Waals surface area contributed by atoms with E-state index in [0.717, 1.165) is 0 Å². The van der Waals surface area contributed by atoms with Gasteiger partial charge >= 0.3 is 5.97 Å². The highest BCUT2D eigenvalue weighted by Crippen LogP contribution is 2.36. The van der Waals surface area contributed by atoms with E-state index in [0.29, 0.717) is 49.6 Å². The Morgan fingerprint density at radius 3 is 2.62 bits per heavy atom. The molecule has 1 N–H and O–H groups in total. The molecule has 8 nitrogen and oxygen atoms in total. The van der Waals surface area contributed by atoms with E-state index in [1.54, 1.807) is 51.3 Å². The van der Waals surface area contributed by atoms with Crippen molar-refractivity contribution in [2.24, 2.45) is 4.99 Å². The van der Waals surface area contributed by atoms with Gasteiger partial charge in [-0.05, 0) is 50.1 Å². The SMILES string of the molecule is C=CCc1cc(C=c2sc3n(c2=O)[C@H](c2ccccc2OC)C(C(=O)OCC)=C(C)N=3)cc(OC)c1O. The smallest absolute Gasteiger partial charge is 0.338 e. The van der Waals surface area contributed by atoms with E-state index in [-0.39, 0.29) is 23.5 Å². The number of nitrogens with zero attached hydrogens (tertiary/aromatic N) is 2. The van der Waals surface area contributed by atoms with Crippen LogP contribution in [0.2, 0.25) is 0 Å². The van der Waals surface area contributed by atoms with Crippen LogP contribution in [0, 0.1) is 0 Å². The maximum Gasteiger partial charge on any atom is 0.338 e. The third-order valence-electron chi connectivity index (χ3n) is 6.01. The minimum atomic E-state index is -0.778. The van der Waals surface area contributed by atoms with Gasteiger partial charge in [-0.2, -0.15) is 0 Å². The number of carbonyl (C=O) groups is 1. The number of hydrogen-bond acceptors (Lipinski definition) is 8. The highest BCUT2D eigenvalue weighted by molar-refractivity contribution is 7.07. The second-order valence-corrected chi connectivity index (χ2v) is 9.28. The molecule has 2 heterocycles. The molecule has 1 atom stereocenters. The summed E-state index contributed by atoms with van der Waals surface area (Å²) in [5, 5.41) is 10.4. The van der Waals surface area contributed by atoms with Gasteiger partial charge in [0.2, 0.25) is 0 Å². The number of allylic oxidation sites excluding steroid dienone is 2. The maximum atomic E-state index is 13.8. The highest BCUT2D eigenvalue weighted by Gasteiger charge is 2.34. The Hall–Kier alpha value is -4.11. The number of para-hydroxylation sites is 1. The first-order valence-electron chi connectivity index (χ1n) is 11.7. The molecule has 1 aliphatic rings. The van der Waals surface area contributed by atoms with E-state index < -0.39 is 12.0 Å². The van der Waals surface area contributed by atoms with E-state index in [1.807, 2.05) is 18.2 Å². The molecule has 1 aliphatic heterocycles. The standard InChI is InChI=1S/C28H28N2O6S/c1-6-10-18-13-17(14-21(35-5)25(18)31)15-22-26(32)30-24(19-11-8-9-12-20(19)34-4)23(27(33)36-7-2)16(3)29-28(30)37-22/h6,8-9,11-15,24,31H,1,7,10H2,2-5H3/t24-/m1/s1. The molecule has 0 aliphatic carbocycles. The number of phenols is 1. The first kappa shape index (κ1) is 26.0. The number of methoxy groups -OCH3 is 2. The zero-order valence-electron chi connectivity index (χ0n) is 21.1. The van der Waals surface area contributed by atoms with Crippen molar-refractivity contribution in [1.82, 2.24) is 4.57 Å². The number of esters is 1. The first-order valence-corrected chi connectivity index (χ1v) is 12.5. The van der Waals surface area contributed by atoms with E-state index in [4.69, 9.17) is 14.2 Å². The normalized spacial score (nSPS) is 15.1. The van der Waals surface area contributed by atoms with Gasteiger partial charge in [0.25, 0.3) is 5.56 Å². The van der Waals surface area contributed by atoms with Crippen molar-refractivity contribution >= 4 is 23.4 Å². The zero-order valence-corrected chi connectivity index (χ0v) is 21.9. The molecule has 0 saturated heterocycles. The molecule has 37 heavy (non-hydrogen) atoms. The molecule has 0 bridgehead atoms. The summed E-state index contributed by atoms with van der Waals surface area (Å²) in [7, 11) is 3.01. The van der Waals surface area contributed by atoms with Crippen molar-refractivity contribution in [3.05, 3.63) is 96.7 Å². The number of hydrogen-bond donors (Lipinski definition) is 1. The summed E-state index contributed by atoms with van der Waals surface area (Å²) >= 11 is 1.21. The van der Waals surface area contributed by atoms with Crippen molar-refractivity contribution < 1.29 is 24.1 Å². The van der Waals surface area contributed by atoms with Gasteiger partial charge in [-0.1, -0.05) is 35.6 Å². The van der Waals surface area contributed by atoms with Crippen molar-refractivity contribution in [1.29, 1.82) is 0 Å². The molecule has 1 aromatic heterocycles. The second kappa shape index (κ2) is 10.9. The van der Waals surface area contributed by atoms with Gasteiger partial charge in [-0.3, -0.25) is 9.36 Å². The highest BCUT2D eigenvalue weighted by atomic mass is 32.1. The number of thiazole rings is 1. The molecule has 3 aromatic rings. The van der Waals surface area contributed by atoms with Crippen LogP contribution < -0.4 is 24.4 Å². The molecule has 2 aromatic carbocycles. The second-order valence-electron chi connectivity index (χ2n) is 8.27. The van der Waals surface area contributed by atoms with Crippen molar-refractivity contribution in [3.63, 3.8) is 0 Å². The van der Waals surface area contributed by atoms with Crippen molar-refractivity contribution in [2.75, 3.05) is 20.8 Å². The average Bonchev–Trinajstić information content (AvgIpc) is 3.19. The zero-order chi connectivity index (χ0) is 26.7. The Labute approximate surface area is 218 Å². The lowest BCUT2D eigenvalue weighted by Crippen LogP contribution is -2.40. The molecule has 0 amide bonds. The Bertz CT molecular complexity index is 1580. The van der Waals surface area contributed by atoms with Crippen LogP contribution >= 0.6 is 11.3 Å². The summed E-state index contributed by atoms with van der Waals surface area (Å²) < 4.78 is 18.2. The number of ether oxygens (including phenoxy) is 3. The Kier molecular flexibility index (Phi) is 7.63. The largest absolute Gasteiger partial charge is 0.504 e. The first-order chi connectivity index (χ1) is 17.8. The van der Waals surface area contributed by atoms with E-state index >= 15 is 0 Å². The van der Waals surface area contributed by atoms with Crippen LogP contribution in [-0.4, -0.2) is 36.5 Å². The van der Waals surface area contributed by atoms with Gasteiger partial charge in [0.15, 0.2) is 16.3 Å². The third kappa shape index (κ3) is 4.82. The quantitative estimate of drug-likeness (QED) is 0.362. The molecule has 0 spiro atoms. The number of benzene rings is 2. The maximum absolute atomic E-state index is 13.8. The molecule has 0 unspecified atom stereocenters. The minimum absolute atomic E-state index is 0.0342. The summed E-state index contributed by atoms with van der Waals surface area (Å²) in [6.07, 6.45) is 3.83. The third-order valence-corrected chi connectivity index (χ3v) is 6.99. The van der Waals surface area contributed by atoms with Crippen LogP contribution in [0.25, 0.3) is 6.08 Å². The number of rotatable bonds is 8. The van der Waals surface area contributed by atoms with Crippen LogP contribution in [-0.2, 0) is 16.0 Å². The van der Waals surface area contributed by atoms with Gasteiger partial charge in [0.1, 0.15) is 11.8 Å². The molecule has 0 radical (unpaired) electrons. The topological polar surface area (TPSA) is 99.4 Å². The summed E-state index contributed by atoms with van der Waals surface area (Å²) in [6.45, 7) is 7.39. The van der Waals surface area contributed by atoms with Gasteiger partial charge in [0, 0.05) is 11.1 Å². The van der Waals surface area contributed by atoms with Crippen LogP contribution in [0.4, 0.5) is 0 Å². The molecule has 4 rings (SSSR count). The van der Waals surface area contributed by atoms with Crippen LogP contribution in [0.5, 0.6) is 17.2 Å². The van der Waals surface area contributed by atoms with Gasteiger partial charge < -0.3 is 19.3 Å². The number of fused-ring (bicyclic) bond motifs is 1. The van der Waals surface area contributed by atoms with Crippen molar-refractivity contribution in [3.8, 4) is 17.2 Å². The van der Waals surface area contributed by atoms with Gasteiger partial charge in [0.05, 0.1) is 36.6 Å². The predicted molar refractivity (Wildman–Crippen MR) is 142 cm³/mol. The van der Waals surface area contributed by atoms with E-state index in [1.165, 1.54) is 23.0 Å². The van der Waals surface area contributed by atoms with E-state index in [2.05, 4.69) is 11.6 Å². The fraction of sp³-hybridized carbons (Fsp3) is 0.250. The average molecular weight is 521 g/mol. The fourth-order valence-electron chi connectivity index (χ4n) is 4.37. The summed E-state index contributed by atoms with van der Waals surface area (Å²) in [5.41, 5.74) is 2.39.